The Morgan fingerprint density at radius 2 is 2.38 bits per heavy atom. The second kappa shape index (κ2) is 7.00. The van der Waals surface area contributed by atoms with E-state index in [1.165, 1.54) is 19.2 Å². The van der Waals surface area contributed by atoms with E-state index < -0.39 is 5.82 Å². The number of aryl methyl sites for hydroxylation is 1. The quantitative estimate of drug-likeness (QED) is 0.929. The Labute approximate surface area is 139 Å². The monoisotopic (exact) mass is 333 g/mol. The molecule has 2 aromatic rings. The predicted molar refractivity (Wildman–Crippen MR) is 85.3 cm³/mol. The molecule has 3 rings (SSSR count). The van der Waals surface area contributed by atoms with Crippen LogP contribution >= 0.6 is 0 Å². The van der Waals surface area contributed by atoms with E-state index in [2.05, 4.69) is 9.97 Å². The van der Waals surface area contributed by atoms with Crippen LogP contribution in [0.3, 0.4) is 0 Å². The van der Waals surface area contributed by atoms with Crippen LogP contribution in [0.15, 0.2) is 24.4 Å². The van der Waals surface area contributed by atoms with E-state index in [-0.39, 0.29) is 24.1 Å². The highest BCUT2D eigenvalue weighted by Gasteiger charge is 2.30. The molecular weight excluding hydrogens is 313 g/mol. The molecule has 6 nitrogen and oxygen atoms in total. The number of imidazole rings is 1. The van der Waals surface area contributed by atoms with Crippen LogP contribution in [0.5, 0.6) is 5.75 Å². The largest absolute Gasteiger partial charge is 0.494 e. The van der Waals surface area contributed by atoms with Gasteiger partial charge in [0.1, 0.15) is 11.9 Å². The number of hydrogen-bond donors (Lipinski definition) is 1. The van der Waals surface area contributed by atoms with Crippen LogP contribution in [-0.4, -0.2) is 47.6 Å². The van der Waals surface area contributed by atoms with Gasteiger partial charge in [0, 0.05) is 18.4 Å². The number of rotatable bonds is 4. The fraction of sp³-hybridized carbons (Fsp3) is 0.412. The molecular formula is C17H20FN3O3. The first-order chi connectivity index (χ1) is 11.6. The van der Waals surface area contributed by atoms with Crippen molar-refractivity contribution in [3.8, 4) is 5.75 Å². The minimum atomic E-state index is -0.469. The smallest absolute Gasteiger partial charge is 0.227 e. The summed E-state index contributed by atoms with van der Waals surface area (Å²) in [6.45, 7) is 3.28. The van der Waals surface area contributed by atoms with Crippen LogP contribution < -0.4 is 4.74 Å². The third-order valence-corrected chi connectivity index (χ3v) is 4.06. The van der Waals surface area contributed by atoms with Gasteiger partial charge >= 0.3 is 0 Å². The highest BCUT2D eigenvalue weighted by atomic mass is 19.1. The van der Waals surface area contributed by atoms with E-state index in [4.69, 9.17) is 9.47 Å². The predicted octanol–water partition coefficient (Wildman–Crippen LogP) is 2.01. The van der Waals surface area contributed by atoms with Gasteiger partial charge in [0.2, 0.25) is 5.91 Å². The first kappa shape index (κ1) is 16.4. The minimum Gasteiger partial charge on any atom is -0.494 e. The van der Waals surface area contributed by atoms with Crippen molar-refractivity contribution in [2.75, 3.05) is 26.9 Å². The zero-order chi connectivity index (χ0) is 17.1. The molecule has 0 radical (unpaired) electrons. The van der Waals surface area contributed by atoms with Crippen molar-refractivity contribution in [1.82, 2.24) is 14.9 Å². The highest BCUT2D eigenvalue weighted by molar-refractivity contribution is 5.79. The summed E-state index contributed by atoms with van der Waals surface area (Å²) in [6.07, 6.45) is 1.85. The summed E-state index contributed by atoms with van der Waals surface area (Å²) in [4.78, 5) is 21.9. The molecule has 0 spiro atoms. The van der Waals surface area contributed by atoms with Crippen LogP contribution in [0.4, 0.5) is 4.39 Å². The molecule has 0 aliphatic carbocycles. The minimum absolute atomic E-state index is 0.0816. The maximum atomic E-state index is 13.8. The SMILES string of the molecule is COc1ccc(CC(=O)N2CCOCC2c2ncc(C)[nH]2)cc1F. The van der Waals surface area contributed by atoms with Crippen LogP contribution in [0.2, 0.25) is 0 Å². The summed E-state index contributed by atoms with van der Waals surface area (Å²) in [5.41, 5.74) is 1.54. The molecule has 1 amide bonds. The highest BCUT2D eigenvalue weighted by Crippen LogP contribution is 2.24. The molecule has 7 heteroatoms. The van der Waals surface area contributed by atoms with Crippen LogP contribution in [0, 0.1) is 12.7 Å². The number of hydrogen-bond acceptors (Lipinski definition) is 4. The molecule has 1 atom stereocenters. The Kier molecular flexibility index (Phi) is 4.80. The van der Waals surface area contributed by atoms with Gasteiger partial charge in [-0.15, -0.1) is 0 Å². The number of halogens is 1. The van der Waals surface area contributed by atoms with Crippen LogP contribution in [-0.2, 0) is 16.0 Å². The molecule has 24 heavy (non-hydrogen) atoms. The lowest BCUT2D eigenvalue weighted by molar-refractivity contribution is -0.139. The summed E-state index contributed by atoms with van der Waals surface area (Å²) >= 11 is 0. The molecule has 1 aliphatic rings. The third-order valence-electron chi connectivity index (χ3n) is 4.06. The number of benzene rings is 1. The second-order valence-corrected chi connectivity index (χ2v) is 5.77. The van der Waals surface area contributed by atoms with Gasteiger partial charge in [-0.1, -0.05) is 6.07 Å². The fourth-order valence-corrected chi connectivity index (χ4v) is 2.83. The molecule has 1 unspecified atom stereocenters. The first-order valence-electron chi connectivity index (χ1n) is 7.79. The lowest BCUT2D eigenvalue weighted by atomic mass is 10.1. The first-order valence-corrected chi connectivity index (χ1v) is 7.79. The van der Waals surface area contributed by atoms with Gasteiger partial charge in [0.15, 0.2) is 11.6 Å². The average Bonchev–Trinajstić information content (AvgIpc) is 3.01. The Morgan fingerprint density at radius 3 is 3.04 bits per heavy atom. The van der Waals surface area contributed by atoms with Gasteiger partial charge < -0.3 is 19.4 Å². The van der Waals surface area contributed by atoms with Crippen molar-refractivity contribution < 1.29 is 18.7 Å². The summed E-state index contributed by atoms with van der Waals surface area (Å²) in [5.74, 6) is 0.327. The second-order valence-electron chi connectivity index (χ2n) is 5.77. The number of ether oxygens (including phenoxy) is 2. The third kappa shape index (κ3) is 3.41. The van der Waals surface area contributed by atoms with Crippen molar-refractivity contribution in [1.29, 1.82) is 0 Å². The van der Waals surface area contributed by atoms with Gasteiger partial charge in [-0.2, -0.15) is 0 Å². The standard InChI is InChI=1S/C17H20FN3O3/c1-11-9-19-17(20-11)14-10-24-6-5-21(14)16(22)8-12-3-4-15(23-2)13(18)7-12/h3-4,7,9,14H,5-6,8,10H2,1-2H3,(H,19,20). The molecule has 1 N–H and O–H groups in total. The number of amides is 1. The summed E-state index contributed by atoms with van der Waals surface area (Å²) in [5, 5.41) is 0. The number of carbonyl (C=O) groups excluding carboxylic acids is 1. The topological polar surface area (TPSA) is 67.4 Å². The number of methoxy groups -OCH3 is 1. The molecule has 1 aromatic carbocycles. The Balaban J connectivity index is 1.75. The van der Waals surface area contributed by atoms with Crippen LogP contribution in [0.25, 0.3) is 0 Å². The number of carbonyl (C=O) groups is 1. The zero-order valence-corrected chi connectivity index (χ0v) is 13.7. The Bertz CT molecular complexity index is 732. The molecule has 0 saturated carbocycles. The van der Waals surface area contributed by atoms with Gasteiger partial charge in [0.25, 0.3) is 0 Å². The Morgan fingerprint density at radius 1 is 1.54 bits per heavy atom. The van der Waals surface area contributed by atoms with Gasteiger partial charge in [-0.25, -0.2) is 9.37 Å². The fourth-order valence-electron chi connectivity index (χ4n) is 2.83. The normalized spacial score (nSPS) is 17.8. The molecule has 0 bridgehead atoms. The molecule has 128 valence electrons. The summed E-state index contributed by atoms with van der Waals surface area (Å²) in [7, 11) is 1.41. The lowest BCUT2D eigenvalue weighted by Crippen LogP contribution is -2.44. The molecule has 2 heterocycles. The van der Waals surface area contributed by atoms with E-state index in [9.17, 15) is 9.18 Å². The maximum absolute atomic E-state index is 13.8. The summed E-state index contributed by atoms with van der Waals surface area (Å²) in [6, 6.07) is 4.32. The van der Waals surface area contributed by atoms with E-state index in [1.54, 1.807) is 17.2 Å². The number of nitrogens with one attached hydrogen (secondary N) is 1. The van der Waals surface area contributed by atoms with Crippen molar-refractivity contribution in [2.45, 2.75) is 19.4 Å². The lowest BCUT2D eigenvalue weighted by Gasteiger charge is -2.34. The molecule has 1 saturated heterocycles. The van der Waals surface area contributed by atoms with E-state index in [1.807, 2.05) is 6.92 Å². The number of nitrogens with zero attached hydrogens (tertiary/aromatic N) is 2. The van der Waals surface area contributed by atoms with Crippen molar-refractivity contribution >= 4 is 5.91 Å². The molecule has 1 fully saturated rings. The number of aromatic amines is 1. The number of H-pyrrole nitrogens is 1. The van der Waals surface area contributed by atoms with E-state index in [0.29, 0.717) is 31.1 Å². The van der Waals surface area contributed by atoms with Crippen molar-refractivity contribution in [2.24, 2.45) is 0 Å². The van der Waals surface area contributed by atoms with Gasteiger partial charge in [-0.05, 0) is 24.6 Å². The van der Waals surface area contributed by atoms with Gasteiger partial charge in [0.05, 0.1) is 26.7 Å². The maximum Gasteiger partial charge on any atom is 0.227 e. The molecule has 1 aromatic heterocycles. The van der Waals surface area contributed by atoms with Crippen molar-refractivity contribution in [3.05, 3.63) is 47.3 Å². The molecule has 1 aliphatic heterocycles. The zero-order valence-electron chi connectivity index (χ0n) is 13.7. The Hall–Kier alpha value is -2.41. The van der Waals surface area contributed by atoms with E-state index in [0.717, 1.165) is 5.69 Å². The summed E-state index contributed by atoms with van der Waals surface area (Å²) < 4.78 is 24.2. The van der Waals surface area contributed by atoms with Gasteiger partial charge in [-0.3, -0.25) is 4.79 Å². The van der Waals surface area contributed by atoms with Crippen molar-refractivity contribution in [3.63, 3.8) is 0 Å². The van der Waals surface area contributed by atoms with E-state index >= 15 is 0 Å². The average molecular weight is 333 g/mol. The van der Waals surface area contributed by atoms with Crippen LogP contribution in [0.1, 0.15) is 23.1 Å². The number of morpholine rings is 1. The number of aromatic nitrogens is 2.